The molecule has 1 atom stereocenters. The predicted molar refractivity (Wildman–Crippen MR) is 91.8 cm³/mol. The third kappa shape index (κ3) is 2.84. The maximum atomic E-state index is 13.0. The fourth-order valence-corrected chi connectivity index (χ4v) is 4.17. The van der Waals surface area contributed by atoms with E-state index in [9.17, 15) is 4.79 Å². The molecule has 0 spiro atoms. The normalized spacial score (nSPS) is 17.2. The Morgan fingerprint density at radius 3 is 2.75 bits per heavy atom. The maximum Gasteiger partial charge on any atom is 0.260 e. The topological polar surface area (TPSA) is 64.8 Å². The van der Waals surface area contributed by atoms with Gasteiger partial charge < -0.3 is 18.9 Å². The van der Waals surface area contributed by atoms with Crippen molar-refractivity contribution in [2.75, 3.05) is 26.5 Å². The Morgan fingerprint density at radius 2 is 2.12 bits per heavy atom. The van der Waals surface area contributed by atoms with Crippen LogP contribution in [0.25, 0.3) is 0 Å². The van der Waals surface area contributed by atoms with Gasteiger partial charge in [0.25, 0.3) is 5.91 Å². The Morgan fingerprint density at radius 1 is 1.33 bits per heavy atom. The van der Waals surface area contributed by atoms with Gasteiger partial charge in [0.2, 0.25) is 0 Å². The van der Waals surface area contributed by atoms with E-state index in [-0.39, 0.29) is 11.3 Å². The molecule has 0 aliphatic carbocycles. The molecule has 1 amide bonds. The first-order valence-corrected chi connectivity index (χ1v) is 8.69. The average molecular weight is 348 g/mol. The van der Waals surface area contributed by atoms with Gasteiger partial charge in [-0.15, -0.1) is 11.8 Å². The second-order valence-corrected chi connectivity index (χ2v) is 6.72. The molecule has 0 N–H and O–H groups in total. The number of ether oxygens (including phenoxy) is 2. The Balaban J connectivity index is 1.98. The van der Waals surface area contributed by atoms with Gasteiger partial charge in [-0.2, -0.15) is 0 Å². The zero-order valence-electron chi connectivity index (χ0n) is 14.2. The summed E-state index contributed by atoms with van der Waals surface area (Å²) < 4.78 is 16.0. The molecule has 2 heterocycles. The highest BCUT2D eigenvalue weighted by molar-refractivity contribution is 7.99. The number of carbonyl (C=O) groups excluding carboxylic acids is 1. The standard InChI is InChI=1S/C17H20N2O4S/c1-10-15(11(2)23-18-10)16(20)19-7-8-24-17(19)13-9-12(21-3)5-6-14(13)22-4/h5-6,9,17H,7-8H2,1-4H3. The van der Waals surface area contributed by atoms with E-state index in [1.807, 2.05) is 23.1 Å². The largest absolute Gasteiger partial charge is 0.497 e. The van der Waals surface area contributed by atoms with Crippen LogP contribution in [0.2, 0.25) is 0 Å². The van der Waals surface area contributed by atoms with Crippen molar-refractivity contribution in [3.05, 3.63) is 40.8 Å². The highest BCUT2D eigenvalue weighted by atomic mass is 32.2. The van der Waals surface area contributed by atoms with Gasteiger partial charge in [0.15, 0.2) is 0 Å². The monoisotopic (exact) mass is 348 g/mol. The van der Waals surface area contributed by atoms with Crippen LogP contribution in [-0.2, 0) is 0 Å². The van der Waals surface area contributed by atoms with Gasteiger partial charge in [0.1, 0.15) is 28.2 Å². The molecular weight excluding hydrogens is 328 g/mol. The third-order valence-corrected chi connectivity index (χ3v) is 5.34. The Labute approximate surface area is 145 Å². The lowest BCUT2D eigenvalue weighted by molar-refractivity contribution is 0.0756. The molecule has 2 aromatic rings. The molecule has 0 bridgehead atoms. The van der Waals surface area contributed by atoms with Crippen molar-refractivity contribution < 1.29 is 18.8 Å². The summed E-state index contributed by atoms with van der Waals surface area (Å²) in [6.07, 6.45) is 0. The predicted octanol–water partition coefficient (Wildman–Crippen LogP) is 3.20. The number of aryl methyl sites for hydroxylation is 2. The summed E-state index contributed by atoms with van der Waals surface area (Å²) in [6.45, 7) is 4.21. The van der Waals surface area contributed by atoms with Gasteiger partial charge in [0, 0.05) is 17.9 Å². The lowest BCUT2D eigenvalue weighted by Crippen LogP contribution is -2.31. The number of benzene rings is 1. The molecule has 1 aliphatic rings. The van der Waals surface area contributed by atoms with Crippen LogP contribution >= 0.6 is 11.8 Å². The minimum atomic E-state index is -0.128. The van der Waals surface area contributed by atoms with Gasteiger partial charge in [-0.1, -0.05) is 5.16 Å². The summed E-state index contributed by atoms with van der Waals surface area (Å²) in [5.74, 6) is 2.83. The van der Waals surface area contributed by atoms with Crippen LogP contribution in [0, 0.1) is 13.8 Å². The first-order valence-electron chi connectivity index (χ1n) is 7.64. The van der Waals surface area contributed by atoms with Crippen LogP contribution in [0.1, 0.15) is 32.7 Å². The van der Waals surface area contributed by atoms with E-state index < -0.39 is 0 Å². The molecule has 1 fully saturated rings. The zero-order chi connectivity index (χ0) is 17.3. The summed E-state index contributed by atoms with van der Waals surface area (Å²) >= 11 is 1.71. The van der Waals surface area contributed by atoms with E-state index in [0.717, 1.165) is 22.8 Å². The van der Waals surface area contributed by atoms with E-state index in [1.54, 1.807) is 39.8 Å². The highest BCUT2D eigenvalue weighted by Crippen LogP contribution is 2.44. The van der Waals surface area contributed by atoms with Crippen LogP contribution in [0.15, 0.2) is 22.7 Å². The van der Waals surface area contributed by atoms with Crippen molar-refractivity contribution in [2.45, 2.75) is 19.2 Å². The molecular formula is C17H20N2O4S. The number of thioether (sulfide) groups is 1. The Hall–Kier alpha value is -2.15. The van der Waals surface area contributed by atoms with Crippen molar-refractivity contribution >= 4 is 17.7 Å². The van der Waals surface area contributed by atoms with Crippen molar-refractivity contribution in [3.63, 3.8) is 0 Å². The summed E-state index contributed by atoms with van der Waals surface area (Å²) in [5.41, 5.74) is 2.09. The molecule has 0 radical (unpaired) electrons. The van der Waals surface area contributed by atoms with Crippen LogP contribution < -0.4 is 9.47 Å². The molecule has 1 aromatic carbocycles. The van der Waals surface area contributed by atoms with Crippen molar-refractivity contribution in [2.24, 2.45) is 0 Å². The van der Waals surface area contributed by atoms with Gasteiger partial charge in [-0.3, -0.25) is 4.79 Å². The maximum absolute atomic E-state index is 13.0. The third-order valence-electron chi connectivity index (χ3n) is 4.10. The molecule has 7 heteroatoms. The molecule has 1 saturated heterocycles. The molecule has 6 nitrogen and oxygen atoms in total. The van der Waals surface area contributed by atoms with Gasteiger partial charge in [-0.05, 0) is 32.0 Å². The van der Waals surface area contributed by atoms with Crippen molar-refractivity contribution in [1.29, 1.82) is 0 Å². The molecule has 3 rings (SSSR count). The lowest BCUT2D eigenvalue weighted by Gasteiger charge is -2.25. The number of aromatic nitrogens is 1. The SMILES string of the molecule is COc1ccc(OC)c(C2SCCN2C(=O)c2c(C)noc2C)c1. The van der Waals surface area contributed by atoms with Crippen LogP contribution in [0.5, 0.6) is 11.5 Å². The number of carbonyl (C=O) groups is 1. The molecule has 1 aromatic heterocycles. The minimum Gasteiger partial charge on any atom is -0.497 e. The van der Waals surface area contributed by atoms with Crippen LogP contribution in [0.3, 0.4) is 0 Å². The number of hydrogen-bond acceptors (Lipinski definition) is 6. The van der Waals surface area contributed by atoms with Crippen LogP contribution in [0.4, 0.5) is 0 Å². The molecule has 1 unspecified atom stereocenters. The summed E-state index contributed by atoms with van der Waals surface area (Å²) in [4.78, 5) is 14.9. The van der Waals surface area contributed by atoms with E-state index in [2.05, 4.69) is 5.16 Å². The lowest BCUT2D eigenvalue weighted by atomic mass is 10.1. The van der Waals surface area contributed by atoms with Crippen molar-refractivity contribution in [1.82, 2.24) is 10.1 Å². The number of hydrogen-bond donors (Lipinski definition) is 0. The summed E-state index contributed by atoms with van der Waals surface area (Å²) in [5, 5.41) is 3.77. The summed E-state index contributed by atoms with van der Waals surface area (Å²) in [6, 6.07) is 5.64. The first kappa shape index (κ1) is 16.7. The number of nitrogens with zero attached hydrogens (tertiary/aromatic N) is 2. The fraction of sp³-hybridized carbons (Fsp3) is 0.412. The number of methoxy groups -OCH3 is 2. The smallest absolute Gasteiger partial charge is 0.260 e. The quantitative estimate of drug-likeness (QED) is 0.845. The minimum absolute atomic E-state index is 0.0638. The highest BCUT2D eigenvalue weighted by Gasteiger charge is 2.35. The molecule has 1 aliphatic heterocycles. The molecule has 0 saturated carbocycles. The van der Waals surface area contributed by atoms with Gasteiger partial charge in [-0.25, -0.2) is 0 Å². The first-order chi connectivity index (χ1) is 11.6. The number of amides is 1. The Kier molecular flexibility index (Phi) is 4.71. The number of rotatable bonds is 4. The second-order valence-electron chi connectivity index (χ2n) is 5.53. The Bertz CT molecular complexity index is 740. The van der Waals surface area contributed by atoms with Crippen molar-refractivity contribution in [3.8, 4) is 11.5 Å². The van der Waals surface area contributed by atoms with Gasteiger partial charge in [0.05, 0.1) is 19.9 Å². The average Bonchev–Trinajstić information content (AvgIpc) is 3.20. The summed E-state index contributed by atoms with van der Waals surface area (Å²) in [7, 11) is 3.26. The van der Waals surface area contributed by atoms with E-state index in [0.29, 0.717) is 23.6 Å². The zero-order valence-corrected chi connectivity index (χ0v) is 15.0. The second kappa shape index (κ2) is 6.76. The fourth-order valence-electron chi connectivity index (χ4n) is 2.90. The van der Waals surface area contributed by atoms with E-state index in [1.165, 1.54) is 0 Å². The molecule has 128 valence electrons. The van der Waals surface area contributed by atoms with Gasteiger partial charge >= 0.3 is 0 Å². The van der Waals surface area contributed by atoms with E-state index >= 15 is 0 Å². The van der Waals surface area contributed by atoms with Crippen LogP contribution in [-0.4, -0.2) is 42.5 Å². The van der Waals surface area contributed by atoms with E-state index in [4.69, 9.17) is 14.0 Å². The molecule has 24 heavy (non-hydrogen) atoms.